The summed E-state index contributed by atoms with van der Waals surface area (Å²) in [5.74, 6) is -7.70. The number of alkyl halides is 3. The second kappa shape index (κ2) is 5.78. The molecule has 4 unspecified atom stereocenters. The Labute approximate surface area is 111 Å². The molecule has 20 heavy (non-hydrogen) atoms. The van der Waals surface area contributed by atoms with E-state index in [1.807, 2.05) is 0 Å². The fourth-order valence-electron chi connectivity index (χ4n) is 2.02. The highest BCUT2D eigenvalue weighted by molar-refractivity contribution is 5.97. The number of aliphatic hydroxyl groups excluding tert-OH is 1. The van der Waals surface area contributed by atoms with Gasteiger partial charge in [0.05, 0.1) is 5.92 Å². The molecule has 1 aliphatic heterocycles. The summed E-state index contributed by atoms with van der Waals surface area (Å²) in [6, 6.07) is 0. The zero-order chi connectivity index (χ0) is 15.7. The lowest BCUT2D eigenvalue weighted by Crippen LogP contribution is -2.39. The Morgan fingerprint density at radius 3 is 2.25 bits per heavy atom. The van der Waals surface area contributed by atoms with Gasteiger partial charge in [-0.3, -0.25) is 9.59 Å². The highest BCUT2D eigenvalue weighted by Crippen LogP contribution is 2.34. The van der Waals surface area contributed by atoms with Crippen molar-refractivity contribution in [2.24, 2.45) is 17.8 Å². The summed E-state index contributed by atoms with van der Waals surface area (Å²) >= 11 is 0. The van der Waals surface area contributed by atoms with E-state index in [0.717, 1.165) is 6.92 Å². The minimum Gasteiger partial charge on any atom is -0.455 e. The minimum atomic E-state index is -5.20. The average Bonchev–Trinajstić information content (AvgIpc) is 2.61. The Morgan fingerprint density at radius 1 is 1.30 bits per heavy atom. The molecule has 0 aromatic carbocycles. The lowest BCUT2D eigenvalue weighted by Gasteiger charge is -2.24. The van der Waals surface area contributed by atoms with Crippen molar-refractivity contribution < 1.29 is 42.1 Å². The van der Waals surface area contributed by atoms with Gasteiger partial charge in [-0.2, -0.15) is 13.2 Å². The van der Waals surface area contributed by atoms with Gasteiger partial charge in [0.25, 0.3) is 0 Å². The first-order valence-corrected chi connectivity index (χ1v) is 5.73. The summed E-state index contributed by atoms with van der Waals surface area (Å²) in [7, 11) is 0. The fourth-order valence-corrected chi connectivity index (χ4v) is 2.02. The molecule has 6 nitrogen and oxygen atoms in total. The number of carbonyl (C=O) groups is 3. The molecule has 1 aliphatic rings. The van der Waals surface area contributed by atoms with Gasteiger partial charge in [-0.05, 0) is 12.8 Å². The third-order valence-electron chi connectivity index (χ3n) is 3.06. The summed E-state index contributed by atoms with van der Waals surface area (Å²) in [5, 5.41) is 9.00. The Hall–Kier alpha value is -1.64. The van der Waals surface area contributed by atoms with Crippen LogP contribution in [0.2, 0.25) is 0 Å². The van der Waals surface area contributed by atoms with Gasteiger partial charge >= 0.3 is 24.1 Å². The number of hydrogen-bond donors (Lipinski definition) is 1. The molecular formula is C11H13F3O6. The van der Waals surface area contributed by atoms with E-state index < -0.39 is 54.5 Å². The Morgan fingerprint density at radius 2 is 1.80 bits per heavy atom. The van der Waals surface area contributed by atoms with E-state index in [-0.39, 0.29) is 0 Å². The molecule has 1 heterocycles. The molecule has 114 valence electrons. The lowest BCUT2D eigenvalue weighted by atomic mass is 9.82. The Bertz CT molecular complexity index is 419. The van der Waals surface area contributed by atoms with Crippen LogP contribution in [0.15, 0.2) is 0 Å². The van der Waals surface area contributed by atoms with E-state index in [0.29, 0.717) is 0 Å². The first kappa shape index (κ1) is 16.4. The Balaban J connectivity index is 2.88. The molecular weight excluding hydrogens is 285 g/mol. The van der Waals surface area contributed by atoms with Crippen molar-refractivity contribution in [2.45, 2.75) is 26.1 Å². The van der Waals surface area contributed by atoms with Crippen molar-refractivity contribution in [3.63, 3.8) is 0 Å². The number of halogens is 3. The number of rotatable bonds is 4. The number of aliphatic hydroxyl groups is 1. The molecule has 1 saturated heterocycles. The van der Waals surface area contributed by atoms with E-state index in [9.17, 15) is 27.6 Å². The third-order valence-corrected chi connectivity index (χ3v) is 3.06. The number of carbonyl (C=O) groups excluding carboxylic acids is 3. The van der Waals surface area contributed by atoms with Gasteiger partial charge in [-0.15, -0.1) is 0 Å². The first-order valence-electron chi connectivity index (χ1n) is 5.73. The molecule has 0 radical (unpaired) electrons. The predicted octanol–water partition coefficient (Wildman–Crippen LogP) is 0.425. The maximum Gasteiger partial charge on any atom is 0.490 e. The van der Waals surface area contributed by atoms with E-state index >= 15 is 0 Å². The molecule has 1 fully saturated rings. The third kappa shape index (κ3) is 3.27. The van der Waals surface area contributed by atoms with Crippen molar-refractivity contribution in [1.29, 1.82) is 0 Å². The molecule has 0 amide bonds. The van der Waals surface area contributed by atoms with Gasteiger partial charge in [0.1, 0.15) is 12.0 Å². The van der Waals surface area contributed by atoms with Crippen molar-refractivity contribution in [1.82, 2.24) is 0 Å². The molecule has 9 heteroatoms. The normalized spacial score (nSPS) is 26.1. The largest absolute Gasteiger partial charge is 0.490 e. The van der Waals surface area contributed by atoms with Crippen molar-refractivity contribution >= 4 is 17.9 Å². The Kier molecular flexibility index (Phi) is 4.74. The number of hydrogen-bond acceptors (Lipinski definition) is 6. The number of cyclic esters (lactones) is 2. The molecule has 0 aliphatic carbocycles. The summed E-state index contributed by atoms with van der Waals surface area (Å²) < 4.78 is 44.8. The van der Waals surface area contributed by atoms with Crippen LogP contribution in [0, 0.1) is 17.8 Å². The summed E-state index contributed by atoms with van der Waals surface area (Å²) in [6.45, 7) is 2.02. The van der Waals surface area contributed by atoms with E-state index in [4.69, 9.17) is 5.11 Å². The fraction of sp³-hybridized carbons (Fsp3) is 0.727. The van der Waals surface area contributed by atoms with Crippen LogP contribution in [0.4, 0.5) is 13.2 Å². The SMILES string of the molecule is CC(CO)C1C(=O)OC(=O)C1C(C)OC(=O)C(F)(F)F. The van der Waals surface area contributed by atoms with Crippen LogP contribution >= 0.6 is 0 Å². The van der Waals surface area contributed by atoms with Crippen LogP contribution < -0.4 is 0 Å². The minimum absolute atomic E-state index is 0.469. The van der Waals surface area contributed by atoms with Gasteiger partial charge in [0.15, 0.2) is 0 Å². The second-order valence-electron chi connectivity index (χ2n) is 4.56. The first-order chi connectivity index (χ1) is 9.09. The van der Waals surface area contributed by atoms with Gasteiger partial charge in [-0.25, -0.2) is 4.79 Å². The summed E-state index contributed by atoms with van der Waals surface area (Å²) in [5.41, 5.74) is 0. The molecule has 0 aromatic heterocycles. The molecule has 4 atom stereocenters. The molecule has 0 bridgehead atoms. The lowest BCUT2D eigenvalue weighted by molar-refractivity contribution is -0.207. The smallest absolute Gasteiger partial charge is 0.455 e. The number of esters is 3. The number of ether oxygens (including phenoxy) is 2. The van der Waals surface area contributed by atoms with Gasteiger partial charge in [-0.1, -0.05) is 6.92 Å². The van der Waals surface area contributed by atoms with Crippen LogP contribution in [0.3, 0.4) is 0 Å². The summed E-state index contributed by atoms with van der Waals surface area (Å²) in [4.78, 5) is 33.7. The van der Waals surface area contributed by atoms with Crippen LogP contribution in [0.5, 0.6) is 0 Å². The highest BCUT2D eigenvalue weighted by atomic mass is 19.4. The highest BCUT2D eigenvalue weighted by Gasteiger charge is 2.52. The van der Waals surface area contributed by atoms with Gasteiger partial charge < -0.3 is 14.6 Å². The molecule has 0 saturated carbocycles. The second-order valence-corrected chi connectivity index (χ2v) is 4.56. The maximum absolute atomic E-state index is 12.1. The van der Waals surface area contributed by atoms with Crippen molar-refractivity contribution in [3.05, 3.63) is 0 Å². The zero-order valence-corrected chi connectivity index (χ0v) is 10.6. The average molecular weight is 298 g/mol. The quantitative estimate of drug-likeness (QED) is 0.598. The predicted molar refractivity (Wildman–Crippen MR) is 55.9 cm³/mol. The van der Waals surface area contributed by atoms with E-state index in [1.54, 1.807) is 0 Å². The molecule has 1 N–H and O–H groups in total. The van der Waals surface area contributed by atoms with Crippen molar-refractivity contribution in [2.75, 3.05) is 6.61 Å². The van der Waals surface area contributed by atoms with Crippen molar-refractivity contribution in [3.8, 4) is 0 Å². The topological polar surface area (TPSA) is 89.9 Å². The van der Waals surface area contributed by atoms with E-state index in [1.165, 1.54) is 6.92 Å². The summed E-state index contributed by atoms with van der Waals surface area (Å²) in [6.07, 6.45) is -6.69. The van der Waals surface area contributed by atoms with Crippen LogP contribution in [0.25, 0.3) is 0 Å². The van der Waals surface area contributed by atoms with Crippen LogP contribution in [-0.2, 0) is 23.9 Å². The molecule has 0 spiro atoms. The molecule has 1 rings (SSSR count). The standard InChI is InChI=1S/C11H13F3O6/c1-4(3-15)6-7(9(17)20-8(6)16)5(2)19-10(18)11(12,13)14/h4-7,15H,3H2,1-2H3. The van der Waals surface area contributed by atoms with Crippen LogP contribution in [0.1, 0.15) is 13.8 Å². The van der Waals surface area contributed by atoms with Gasteiger partial charge in [0, 0.05) is 6.61 Å². The van der Waals surface area contributed by atoms with E-state index in [2.05, 4.69) is 9.47 Å². The van der Waals surface area contributed by atoms with Gasteiger partial charge in [0.2, 0.25) is 0 Å². The molecule has 0 aromatic rings. The zero-order valence-electron chi connectivity index (χ0n) is 10.6. The maximum atomic E-state index is 12.1. The van der Waals surface area contributed by atoms with Crippen LogP contribution in [-0.4, -0.2) is 41.9 Å². The monoisotopic (exact) mass is 298 g/mol.